The lowest BCUT2D eigenvalue weighted by Gasteiger charge is -2.18. The molecule has 0 aliphatic carbocycles. The predicted octanol–water partition coefficient (Wildman–Crippen LogP) is 0.986. The van der Waals surface area contributed by atoms with Crippen LogP contribution in [0.2, 0.25) is 0 Å². The van der Waals surface area contributed by atoms with Crippen LogP contribution in [0.25, 0.3) is 0 Å². The van der Waals surface area contributed by atoms with Gasteiger partial charge in [0.2, 0.25) is 5.91 Å². The Labute approximate surface area is 143 Å². The van der Waals surface area contributed by atoms with Gasteiger partial charge in [0.15, 0.2) is 0 Å². The molecule has 0 aliphatic rings. The molecule has 0 aromatic heterocycles. The second-order valence-corrected chi connectivity index (χ2v) is 5.83. The molecule has 0 bridgehead atoms. The van der Waals surface area contributed by atoms with Gasteiger partial charge in [0.1, 0.15) is 12.1 Å². The van der Waals surface area contributed by atoms with Crippen molar-refractivity contribution in [1.82, 2.24) is 16.0 Å². The van der Waals surface area contributed by atoms with Gasteiger partial charge in [-0.3, -0.25) is 9.59 Å². The van der Waals surface area contributed by atoms with Crippen molar-refractivity contribution in [1.29, 1.82) is 0 Å². The Morgan fingerprint density at radius 3 is 2.08 bits per heavy atom. The summed E-state index contributed by atoms with van der Waals surface area (Å²) in [5, 5.41) is 25.0. The van der Waals surface area contributed by atoms with Gasteiger partial charge in [-0.1, -0.05) is 45.4 Å². The zero-order valence-corrected chi connectivity index (χ0v) is 14.6. The van der Waals surface area contributed by atoms with Gasteiger partial charge in [-0.2, -0.15) is 0 Å². The normalized spacial score (nSPS) is 13.0. The minimum Gasteiger partial charge on any atom is -0.480 e. The quantitative estimate of drug-likeness (QED) is 0.318. The number of carbonyl (C=O) groups excluding carboxylic acids is 2. The average molecular weight is 345 g/mol. The highest BCUT2D eigenvalue weighted by atomic mass is 16.4. The Morgan fingerprint density at radius 1 is 0.958 bits per heavy atom. The molecule has 0 aliphatic heterocycles. The number of carbonyl (C=O) groups is 3. The first-order valence-corrected chi connectivity index (χ1v) is 8.60. The molecule has 2 atom stereocenters. The summed E-state index contributed by atoms with van der Waals surface area (Å²) in [6.07, 6.45) is 7.94. The van der Waals surface area contributed by atoms with Crippen LogP contribution in [0.1, 0.15) is 58.8 Å². The minimum absolute atomic E-state index is 0.491. The van der Waals surface area contributed by atoms with Gasteiger partial charge in [0.05, 0.1) is 6.61 Å². The number of hydrogen-bond donors (Lipinski definition) is 5. The summed E-state index contributed by atoms with van der Waals surface area (Å²) >= 11 is 0. The van der Waals surface area contributed by atoms with Gasteiger partial charge in [-0.05, 0) is 13.3 Å². The van der Waals surface area contributed by atoms with Crippen LogP contribution < -0.4 is 16.0 Å². The predicted molar refractivity (Wildman–Crippen MR) is 90.6 cm³/mol. The molecule has 0 aromatic rings. The Hall–Kier alpha value is -1.83. The number of carboxylic acids is 1. The summed E-state index contributed by atoms with van der Waals surface area (Å²) in [5.41, 5.74) is 0. The highest BCUT2D eigenvalue weighted by molar-refractivity contribution is 5.89. The van der Waals surface area contributed by atoms with Crippen LogP contribution in [0.4, 0.5) is 4.79 Å². The Morgan fingerprint density at radius 2 is 1.54 bits per heavy atom. The van der Waals surface area contributed by atoms with Crippen LogP contribution in [0.15, 0.2) is 0 Å². The number of carboxylic acid groups (broad SMARTS) is 1. The van der Waals surface area contributed by atoms with Gasteiger partial charge >= 0.3 is 12.0 Å². The second kappa shape index (κ2) is 13.6. The third-order valence-corrected chi connectivity index (χ3v) is 3.60. The Kier molecular flexibility index (Phi) is 12.6. The molecule has 3 amide bonds. The Bertz CT molecular complexity index is 390. The van der Waals surface area contributed by atoms with Crippen LogP contribution in [0.5, 0.6) is 0 Å². The number of aliphatic carboxylic acids is 1. The van der Waals surface area contributed by atoms with Crippen molar-refractivity contribution in [2.24, 2.45) is 0 Å². The fourth-order valence-electron chi connectivity index (χ4n) is 2.06. The van der Waals surface area contributed by atoms with Gasteiger partial charge < -0.3 is 26.2 Å². The molecule has 5 N–H and O–H groups in total. The van der Waals surface area contributed by atoms with E-state index in [9.17, 15) is 14.4 Å². The lowest BCUT2D eigenvalue weighted by molar-refractivity contribution is -0.141. The fourth-order valence-corrected chi connectivity index (χ4v) is 2.06. The monoisotopic (exact) mass is 345 g/mol. The number of aliphatic hydroxyl groups is 1. The zero-order chi connectivity index (χ0) is 18.4. The Balaban J connectivity index is 3.90. The first-order chi connectivity index (χ1) is 11.4. The molecule has 0 saturated carbocycles. The average Bonchev–Trinajstić information content (AvgIpc) is 2.54. The molecule has 0 aromatic carbocycles. The molecule has 0 heterocycles. The van der Waals surface area contributed by atoms with Crippen molar-refractivity contribution >= 4 is 17.9 Å². The van der Waals surface area contributed by atoms with Gasteiger partial charge in [0, 0.05) is 6.54 Å². The van der Waals surface area contributed by atoms with E-state index in [1.54, 1.807) is 0 Å². The van der Waals surface area contributed by atoms with E-state index in [0.29, 0.717) is 6.54 Å². The summed E-state index contributed by atoms with van der Waals surface area (Å²) in [5.74, 6) is -1.93. The lowest BCUT2D eigenvalue weighted by atomic mass is 10.1. The second-order valence-electron chi connectivity index (χ2n) is 5.83. The molecule has 0 unspecified atom stereocenters. The van der Waals surface area contributed by atoms with Crippen molar-refractivity contribution in [2.45, 2.75) is 70.9 Å². The van der Waals surface area contributed by atoms with Crippen LogP contribution in [-0.4, -0.2) is 53.4 Å². The summed E-state index contributed by atoms with van der Waals surface area (Å²) in [7, 11) is 0. The molecular weight excluding hydrogens is 314 g/mol. The maximum absolute atomic E-state index is 11.7. The van der Waals surface area contributed by atoms with E-state index in [1.807, 2.05) is 0 Å². The summed E-state index contributed by atoms with van der Waals surface area (Å²) < 4.78 is 0. The SMILES string of the molecule is CCCCCCCCCNC(=O)N[C@@H](CO)C(=O)N[C@@H](C)C(=O)O. The smallest absolute Gasteiger partial charge is 0.325 e. The molecule has 0 fully saturated rings. The van der Waals surface area contributed by atoms with E-state index in [0.717, 1.165) is 19.3 Å². The molecular formula is C16H31N3O5. The number of hydrogen-bond acceptors (Lipinski definition) is 4. The number of nitrogens with one attached hydrogen (secondary N) is 3. The number of unbranched alkanes of at least 4 members (excludes halogenated alkanes) is 6. The molecule has 24 heavy (non-hydrogen) atoms. The van der Waals surface area contributed by atoms with Crippen LogP contribution in [-0.2, 0) is 9.59 Å². The lowest BCUT2D eigenvalue weighted by Crippen LogP contribution is -2.54. The van der Waals surface area contributed by atoms with E-state index in [1.165, 1.54) is 32.6 Å². The zero-order valence-electron chi connectivity index (χ0n) is 14.6. The largest absolute Gasteiger partial charge is 0.480 e. The molecule has 0 spiro atoms. The number of rotatable bonds is 13. The van der Waals surface area contributed by atoms with E-state index < -0.39 is 36.6 Å². The van der Waals surface area contributed by atoms with Crippen LogP contribution in [0, 0.1) is 0 Å². The van der Waals surface area contributed by atoms with E-state index >= 15 is 0 Å². The molecule has 0 rings (SSSR count). The van der Waals surface area contributed by atoms with Gasteiger partial charge in [-0.25, -0.2) is 4.79 Å². The van der Waals surface area contributed by atoms with Gasteiger partial charge in [-0.15, -0.1) is 0 Å². The van der Waals surface area contributed by atoms with Crippen molar-refractivity contribution in [3.8, 4) is 0 Å². The summed E-state index contributed by atoms with van der Waals surface area (Å²) in [6, 6.07) is -2.83. The summed E-state index contributed by atoms with van der Waals surface area (Å²) in [4.78, 5) is 34.1. The van der Waals surface area contributed by atoms with E-state index in [-0.39, 0.29) is 0 Å². The van der Waals surface area contributed by atoms with Crippen molar-refractivity contribution < 1.29 is 24.6 Å². The van der Waals surface area contributed by atoms with Crippen molar-refractivity contribution in [3.05, 3.63) is 0 Å². The summed E-state index contributed by atoms with van der Waals surface area (Å²) in [6.45, 7) is 3.36. The molecule has 0 radical (unpaired) electrons. The standard InChI is InChI=1S/C16H31N3O5/c1-3-4-5-6-7-8-9-10-17-16(24)19-13(11-20)14(21)18-12(2)15(22)23/h12-13,20H,3-11H2,1-2H3,(H,18,21)(H,22,23)(H2,17,19,24)/t12-,13-/m0/s1. The molecule has 140 valence electrons. The maximum atomic E-state index is 11.7. The van der Waals surface area contributed by atoms with Crippen molar-refractivity contribution in [3.63, 3.8) is 0 Å². The van der Waals surface area contributed by atoms with E-state index in [2.05, 4.69) is 22.9 Å². The minimum atomic E-state index is -1.19. The number of amides is 3. The first kappa shape index (κ1) is 22.2. The third kappa shape index (κ3) is 10.8. The highest BCUT2D eigenvalue weighted by Gasteiger charge is 2.23. The van der Waals surface area contributed by atoms with Crippen LogP contribution >= 0.6 is 0 Å². The maximum Gasteiger partial charge on any atom is 0.325 e. The molecule has 0 saturated heterocycles. The van der Waals surface area contributed by atoms with Gasteiger partial charge in [0.25, 0.3) is 0 Å². The number of urea groups is 1. The van der Waals surface area contributed by atoms with E-state index in [4.69, 9.17) is 10.2 Å². The third-order valence-electron chi connectivity index (χ3n) is 3.60. The highest BCUT2D eigenvalue weighted by Crippen LogP contribution is 2.06. The molecule has 8 heteroatoms. The first-order valence-electron chi connectivity index (χ1n) is 8.60. The fraction of sp³-hybridized carbons (Fsp3) is 0.812. The number of aliphatic hydroxyl groups excluding tert-OH is 1. The van der Waals surface area contributed by atoms with Crippen molar-refractivity contribution in [2.75, 3.05) is 13.2 Å². The van der Waals surface area contributed by atoms with Crippen LogP contribution in [0.3, 0.4) is 0 Å². The topological polar surface area (TPSA) is 128 Å². The molecule has 8 nitrogen and oxygen atoms in total.